The van der Waals surface area contributed by atoms with Crippen LogP contribution in [-0.4, -0.2) is 24.3 Å². The first-order valence-electron chi connectivity index (χ1n) is 2.59. The minimum atomic E-state index is 0. The predicted molar refractivity (Wildman–Crippen MR) is 36.8 cm³/mol. The maximum atomic E-state index is 7.18. The zero-order valence-corrected chi connectivity index (χ0v) is 5.79. The van der Waals surface area contributed by atoms with Gasteiger partial charge in [-0.05, 0) is 6.42 Å². The van der Waals surface area contributed by atoms with Gasteiger partial charge in [0, 0.05) is 20.0 Å². The van der Waals surface area contributed by atoms with E-state index in [9.17, 15) is 0 Å². The van der Waals surface area contributed by atoms with Crippen LogP contribution in [0.4, 0.5) is 0 Å². The number of amidine groups is 1. The van der Waals surface area contributed by atoms with E-state index in [4.69, 9.17) is 5.41 Å². The quantitative estimate of drug-likeness (QED) is 0.528. The molecule has 1 aliphatic rings. The van der Waals surface area contributed by atoms with Crippen LogP contribution in [0.5, 0.6) is 0 Å². The van der Waals surface area contributed by atoms with Crippen molar-refractivity contribution in [3.63, 3.8) is 0 Å². The molecule has 0 spiro atoms. The number of hydrogen-bond acceptors (Lipinski definition) is 1. The third-order valence-corrected chi connectivity index (χ3v) is 1.37. The highest BCUT2D eigenvalue weighted by molar-refractivity contribution is 5.85. The molecule has 0 aromatic heterocycles. The van der Waals surface area contributed by atoms with Crippen molar-refractivity contribution in [2.75, 3.05) is 13.6 Å². The first-order chi connectivity index (χ1) is 3.30. The van der Waals surface area contributed by atoms with Gasteiger partial charge in [-0.25, -0.2) is 0 Å². The Morgan fingerprint density at radius 3 is 2.38 bits per heavy atom. The summed E-state index contributed by atoms with van der Waals surface area (Å²) in [5.74, 6) is 0.792. The third kappa shape index (κ3) is 1.37. The molecular weight excluding hydrogens is 124 g/mol. The molecule has 0 amide bonds. The van der Waals surface area contributed by atoms with Gasteiger partial charge in [-0.1, -0.05) is 0 Å². The fourth-order valence-electron chi connectivity index (χ4n) is 0.809. The van der Waals surface area contributed by atoms with E-state index in [-0.39, 0.29) is 12.4 Å². The van der Waals surface area contributed by atoms with Crippen molar-refractivity contribution in [1.29, 1.82) is 5.41 Å². The molecule has 1 rings (SSSR count). The topological polar surface area (TPSA) is 27.1 Å². The number of rotatable bonds is 0. The molecule has 48 valence electrons. The minimum absolute atomic E-state index is 0. The summed E-state index contributed by atoms with van der Waals surface area (Å²) in [6.07, 6.45) is 2.16. The second-order valence-electron chi connectivity index (χ2n) is 1.97. The molecule has 0 aliphatic carbocycles. The Balaban J connectivity index is 0.000000490. The lowest BCUT2D eigenvalue weighted by molar-refractivity contribution is 0.547. The molecular formula is C5H11ClN2. The van der Waals surface area contributed by atoms with Crippen molar-refractivity contribution >= 4 is 18.2 Å². The molecule has 0 aromatic rings. The Labute approximate surface area is 55.8 Å². The standard InChI is InChI=1S/C5H10N2.ClH/c1-7-4-2-3-5(7)6;/h6H,2-4H2,1H3;1H. The van der Waals surface area contributed by atoms with Gasteiger partial charge in [0.1, 0.15) is 0 Å². The second kappa shape index (κ2) is 2.92. The average Bonchev–Trinajstić information content (AvgIpc) is 1.91. The highest BCUT2D eigenvalue weighted by Crippen LogP contribution is 2.05. The number of nitrogens with one attached hydrogen (secondary N) is 1. The summed E-state index contributed by atoms with van der Waals surface area (Å²) in [7, 11) is 1.97. The van der Waals surface area contributed by atoms with Crippen LogP contribution in [0.2, 0.25) is 0 Å². The van der Waals surface area contributed by atoms with Gasteiger partial charge >= 0.3 is 0 Å². The van der Waals surface area contributed by atoms with E-state index >= 15 is 0 Å². The van der Waals surface area contributed by atoms with Crippen molar-refractivity contribution in [2.45, 2.75) is 12.8 Å². The molecule has 0 unspecified atom stereocenters. The van der Waals surface area contributed by atoms with Gasteiger partial charge in [-0.3, -0.25) is 5.41 Å². The zero-order chi connectivity index (χ0) is 5.28. The van der Waals surface area contributed by atoms with E-state index in [0.29, 0.717) is 0 Å². The Morgan fingerprint density at radius 1 is 1.62 bits per heavy atom. The van der Waals surface area contributed by atoms with Crippen molar-refractivity contribution in [2.24, 2.45) is 0 Å². The number of halogens is 1. The van der Waals surface area contributed by atoms with Crippen molar-refractivity contribution < 1.29 is 0 Å². The van der Waals surface area contributed by atoms with Crippen molar-refractivity contribution in [1.82, 2.24) is 4.90 Å². The minimum Gasteiger partial charge on any atom is -0.364 e. The van der Waals surface area contributed by atoms with Crippen LogP contribution in [0.15, 0.2) is 0 Å². The fraction of sp³-hybridized carbons (Fsp3) is 0.800. The van der Waals surface area contributed by atoms with Gasteiger partial charge in [0.25, 0.3) is 0 Å². The summed E-state index contributed by atoms with van der Waals surface area (Å²) < 4.78 is 0. The van der Waals surface area contributed by atoms with Crippen LogP contribution in [0.25, 0.3) is 0 Å². The molecule has 0 radical (unpaired) electrons. The molecule has 0 aromatic carbocycles. The van der Waals surface area contributed by atoms with Crippen LogP contribution in [0.3, 0.4) is 0 Å². The highest BCUT2D eigenvalue weighted by atomic mass is 35.5. The van der Waals surface area contributed by atoms with Crippen molar-refractivity contribution in [3.05, 3.63) is 0 Å². The fourth-order valence-corrected chi connectivity index (χ4v) is 0.809. The molecule has 3 heteroatoms. The maximum Gasteiger partial charge on any atom is 0.0955 e. The largest absolute Gasteiger partial charge is 0.364 e. The van der Waals surface area contributed by atoms with E-state index in [1.54, 1.807) is 0 Å². The summed E-state index contributed by atoms with van der Waals surface area (Å²) in [5.41, 5.74) is 0. The lowest BCUT2D eigenvalue weighted by atomic mass is 10.4. The predicted octanol–water partition coefficient (Wildman–Crippen LogP) is 1.11. The number of nitrogens with zero attached hydrogens (tertiary/aromatic N) is 1. The molecule has 2 nitrogen and oxygen atoms in total. The van der Waals surface area contributed by atoms with E-state index in [0.717, 1.165) is 18.8 Å². The van der Waals surface area contributed by atoms with Crippen molar-refractivity contribution in [3.8, 4) is 0 Å². The van der Waals surface area contributed by atoms with Crippen LogP contribution < -0.4 is 0 Å². The van der Waals surface area contributed by atoms with Gasteiger partial charge in [0.05, 0.1) is 5.84 Å². The molecule has 0 atom stereocenters. The first-order valence-corrected chi connectivity index (χ1v) is 2.59. The van der Waals surface area contributed by atoms with Crippen LogP contribution in [0.1, 0.15) is 12.8 Å². The summed E-state index contributed by atoms with van der Waals surface area (Å²) in [4.78, 5) is 1.99. The molecule has 1 heterocycles. The van der Waals surface area contributed by atoms with E-state index in [1.807, 2.05) is 11.9 Å². The Bertz CT molecular complexity index is 92.4. The Kier molecular flexibility index (Phi) is 2.84. The van der Waals surface area contributed by atoms with E-state index in [1.165, 1.54) is 6.42 Å². The Morgan fingerprint density at radius 2 is 2.25 bits per heavy atom. The number of hydrogen-bond donors (Lipinski definition) is 1. The molecule has 0 saturated carbocycles. The summed E-state index contributed by atoms with van der Waals surface area (Å²) >= 11 is 0. The van der Waals surface area contributed by atoms with E-state index in [2.05, 4.69) is 0 Å². The molecule has 1 saturated heterocycles. The molecule has 0 bridgehead atoms. The lowest BCUT2D eigenvalue weighted by Crippen LogP contribution is -2.17. The summed E-state index contributed by atoms with van der Waals surface area (Å²) in [6.45, 7) is 1.08. The van der Waals surface area contributed by atoms with Gasteiger partial charge in [-0.15, -0.1) is 12.4 Å². The third-order valence-electron chi connectivity index (χ3n) is 1.37. The Hall–Kier alpha value is -0.240. The van der Waals surface area contributed by atoms with E-state index < -0.39 is 0 Å². The van der Waals surface area contributed by atoms with Crippen LogP contribution in [0, 0.1) is 5.41 Å². The van der Waals surface area contributed by atoms with Gasteiger partial charge in [0.2, 0.25) is 0 Å². The highest BCUT2D eigenvalue weighted by Gasteiger charge is 2.10. The second-order valence-corrected chi connectivity index (χ2v) is 1.97. The monoisotopic (exact) mass is 134 g/mol. The van der Waals surface area contributed by atoms with Gasteiger partial charge < -0.3 is 4.90 Å². The summed E-state index contributed by atoms with van der Waals surface area (Å²) in [6, 6.07) is 0. The molecule has 1 aliphatic heterocycles. The van der Waals surface area contributed by atoms with Gasteiger partial charge in [0.15, 0.2) is 0 Å². The molecule has 1 fully saturated rings. The van der Waals surface area contributed by atoms with Gasteiger partial charge in [-0.2, -0.15) is 0 Å². The van der Waals surface area contributed by atoms with Crippen LogP contribution >= 0.6 is 12.4 Å². The lowest BCUT2D eigenvalue weighted by Gasteiger charge is -2.06. The first kappa shape index (κ1) is 7.76. The summed E-state index contributed by atoms with van der Waals surface area (Å²) in [5, 5.41) is 7.18. The zero-order valence-electron chi connectivity index (χ0n) is 4.98. The maximum absolute atomic E-state index is 7.18. The van der Waals surface area contributed by atoms with Crippen LogP contribution in [-0.2, 0) is 0 Å². The molecule has 8 heavy (non-hydrogen) atoms. The SMILES string of the molecule is CN1CCCC1=N.Cl. The number of likely N-dealkylation sites (tertiary alicyclic amines) is 1. The molecule has 1 N–H and O–H groups in total. The average molecular weight is 135 g/mol. The smallest absolute Gasteiger partial charge is 0.0955 e. The normalized spacial score (nSPS) is 18.6.